The molecule has 0 radical (unpaired) electrons. The zero-order chi connectivity index (χ0) is 12.9. The zero-order valence-corrected chi connectivity index (χ0v) is 10.3. The molecule has 0 aromatic rings. The van der Waals surface area contributed by atoms with Crippen LogP contribution in [0.1, 0.15) is 34.6 Å². The number of hydrogen-bond donors (Lipinski definition) is 2. The monoisotopic (exact) mass is 229 g/mol. The van der Waals surface area contributed by atoms with Crippen LogP contribution in [0.4, 0.5) is 0 Å². The van der Waals surface area contributed by atoms with E-state index in [2.05, 4.69) is 5.48 Å². The van der Waals surface area contributed by atoms with Crippen molar-refractivity contribution in [1.82, 2.24) is 5.48 Å². The van der Waals surface area contributed by atoms with Crippen molar-refractivity contribution in [3.8, 4) is 0 Å². The van der Waals surface area contributed by atoms with E-state index >= 15 is 0 Å². The van der Waals surface area contributed by atoms with E-state index < -0.39 is 17.6 Å². The highest BCUT2D eigenvalue weighted by atomic mass is 16.7. The van der Waals surface area contributed by atoms with E-state index in [9.17, 15) is 9.59 Å². The second-order valence-corrected chi connectivity index (χ2v) is 4.82. The Kier molecular flexibility index (Phi) is 5.38. The number of carbonyl (C=O) groups is 1. The molecule has 0 bridgehead atoms. The predicted octanol–water partition coefficient (Wildman–Crippen LogP) is 1.17. The van der Waals surface area contributed by atoms with Gasteiger partial charge in [0.2, 0.25) is 0 Å². The maximum atomic E-state index is 11.0. The molecule has 0 aromatic carbocycles. The summed E-state index contributed by atoms with van der Waals surface area (Å²) >= 11 is 0. The lowest BCUT2D eigenvalue weighted by atomic mass is 9.98. The molecule has 0 saturated heterocycles. The number of carbonyl (C=O) groups excluding carboxylic acids is 1. The molecule has 2 N–H and O–H groups in total. The van der Waals surface area contributed by atoms with Crippen molar-refractivity contribution in [3.63, 3.8) is 0 Å². The maximum Gasteiger partial charge on any atom is 0.328 e. The Hall–Kier alpha value is -1.16. The van der Waals surface area contributed by atoms with Crippen LogP contribution in [-0.2, 0) is 14.4 Å². The van der Waals surface area contributed by atoms with Crippen molar-refractivity contribution in [2.45, 2.75) is 46.3 Å². The minimum absolute atomic E-state index is 0.136. The van der Waals surface area contributed by atoms with Crippen molar-refractivity contribution < 1.29 is 19.5 Å². The summed E-state index contributed by atoms with van der Waals surface area (Å²) in [5.41, 5.74) is 2.00. The number of aliphatic carboxylic acids is 1. The third kappa shape index (κ3) is 5.07. The average Bonchev–Trinajstić information content (AvgIpc) is 2.08. The third-order valence-electron chi connectivity index (χ3n) is 1.78. The Morgan fingerprint density at radius 1 is 1.38 bits per heavy atom. The summed E-state index contributed by atoms with van der Waals surface area (Å²) in [5.74, 6) is 0.307. The van der Waals surface area contributed by atoms with Crippen LogP contribution < -0.4 is 5.48 Å². The van der Waals surface area contributed by atoms with Crippen LogP contribution in [0.2, 0.25) is 0 Å². The normalized spacial score (nSPS) is 13.4. The molecule has 0 heterocycles. The van der Waals surface area contributed by atoms with Gasteiger partial charge < -0.3 is 5.11 Å². The molecular formula is C11H19NO4. The first-order valence-corrected chi connectivity index (χ1v) is 5.10. The molecule has 0 aliphatic carbocycles. The molecule has 5 heteroatoms. The van der Waals surface area contributed by atoms with E-state index in [1.54, 1.807) is 40.6 Å². The molecule has 16 heavy (non-hydrogen) atoms. The van der Waals surface area contributed by atoms with Crippen LogP contribution in [0.5, 0.6) is 0 Å². The van der Waals surface area contributed by atoms with Gasteiger partial charge in [0.15, 0.2) is 6.04 Å². The standard InChI is InChI=1S/C11H19NO4/c1-7(2)8(6-13)9(10(14)15)12-16-11(3,4)5/h7,9,12H,1-5H3,(H,14,15)/t9-/m0/s1. The fourth-order valence-corrected chi connectivity index (χ4v) is 0.993. The van der Waals surface area contributed by atoms with E-state index in [1.165, 1.54) is 0 Å². The predicted molar refractivity (Wildman–Crippen MR) is 59.4 cm³/mol. The molecule has 0 unspecified atom stereocenters. The Morgan fingerprint density at radius 3 is 2.12 bits per heavy atom. The largest absolute Gasteiger partial charge is 0.480 e. The van der Waals surface area contributed by atoms with Crippen molar-refractivity contribution >= 4 is 11.9 Å². The van der Waals surface area contributed by atoms with Gasteiger partial charge in [-0.3, -0.25) is 9.63 Å². The molecule has 5 nitrogen and oxygen atoms in total. The Bertz CT molecular complexity index is 298. The van der Waals surface area contributed by atoms with Gasteiger partial charge in [0.25, 0.3) is 0 Å². The van der Waals surface area contributed by atoms with Gasteiger partial charge in [-0.15, -0.1) is 0 Å². The fourth-order valence-electron chi connectivity index (χ4n) is 0.993. The summed E-state index contributed by atoms with van der Waals surface area (Å²) in [5, 5.41) is 8.98. The van der Waals surface area contributed by atoms with Gasteiger partial charge in [0, 0.05) is 5.57 Å². The van der Waals surface area contributed by atoms with Crippen LogP contribution in [-0.4, -0.2) is 28.7 Å². The first kappa shape index (κ1) is 14.8. The summed E-state index contributed by atoms with van der Waals surface area (Å²) in [6.07, 6.45) is 0. The highest BCUT2D eigenvalue weighted by Gasteiger charge is 2.27. The van der Waals surface area contributed by atoms with Crippen molar-refractivity contribution in [3.05, 3.63) is 5.57 Å². The summed E-state index contributed by atoms with van der Waals surface area (Å²) in [7, 11) is 0. The molecular weight excluding hydrogens is 210 g/mol. The van der Waals surface area contributed by atoms with Gasteiger partial charge in [0.1, 0.15) is 5.94 Å². The lowest BCUT2D eigenvalue weighted by Crippen LogP contribution is -2.43. The summed E-state index contributed by atoms with van der Waals surface area (Å²) in [6.45, 7) is 8.79. The van der Waals surface area contributed by atoms with Crippen LogP contribution in [0, 0.1) is 5.92 Å². The van der Waals surface area contributed by atoms with Crippen LogP contribution in [0.3, 0.4) is 0 Å². The van der Waals surface area contributed by atoms with Gasteiger partial charge in [0.05, 0.1) is 5.60 Å². The molecule has 0 aliphatic heterocycles. The van der Waals surface area contributed by atoms with E-state index in [4.69, 9.17) is 9.94 Å². The lowest BCUT2D eigenvalue weighted by Gasteiger charge is -2.24. The van der Waals surface area contributed by atoms with E-state index in [1.807, 2.05) is 0 Å². The van der Waals surface area contributed by atoms with Crippen LogP contribution in [0.25, 0.3) is 0 Å². The molecule has 92 valence electrons. The highest BCUT2D eigenvalue weighted by molar-refractivity contribution is 5.81. The zero-order valence-electron chi connectivity index (χ0n) is 10.3. The first-order chi connectivity index (χ1) is 7.19. The van der Waals surface area contributed by atoms with Crippen molar-refractivity contribution in [1.29, 1.82) is 0 Å². The number of hydroxylamine groups is 1. The van der Waals surface area contributed by atoms with Gasteiger partial charge in [-0.05, 0) is 26.7 Å². The van der Waals surface area contributed by atoms with Gasteiger partial charge in [-0.1, -0.05) is 13.8 Å². The fraction of sp³-hybridized carbons (Fsp3) is 0.727. The highest BCUT2D eigenvalue weighted by Crippen LogP contribution is 2.13. The third-order valence-corrected chi connectivity index (χ3v) is 1.78. The Balaban J connectivity index is 4.76. The van der Waals surface area contributed by atoms with Crippen molar-refractivity contribution in [2.75, 3.05) is 0 Å². The molecule has 1 atom stereocenters. The number of carboxylic acids is 1. The Labute approximate surface area is 95.4 Å². The number of carboxylic acid groups (broad SMARTS) is 1. The minimum atomic E-state index is -1.16. The quantitative estimate of drug-likeness (QED) is 0.546. The van der Waals surface area contributed by atoms with Crippen LogP contribution in [0.15, 0.2) is 5.57 Å². The van der Waals surface area contributed by atoms with Gasteiger partial charge in [-0.2, -0.15) is 5.48 Å². The Morgan fingerprint density at radius 2 is 1.88 bits per heavy atom. The molecule has 0 saturated carbocycles. The summed E-state index contributed by atoms with van der Waals surface area (Å²) in [4.78, 5) is 26.8. The van der Waals surface area contributed by atoms with Gasteiger partial charge >= 0.3 is 5.97 Å². The van der Waals surface area contributed by atoms with E-state index in [0.717, 1.165) is 0 Å². The number of rotatable bonds is 5. The number of hydrogen-bond acceptors (Lipinski definition) is 4. The molecule has 0 amide bonds. The number of nitrogens with one attached hydrogen (secondary N) is 1. The SMILES string of the molecule is CC(C)C(=C=O)[C@H](NOC(C)(C)C)C(=O)O. The maximum absolute atomic E-state index is 11.0. The van der Waals surface area contributed by atoms with Gasteiger partial charge in [-0.25, -0.2) is 4.79 Å². The smallest absolute Gasteiger partial charge is 0.328 e. The van der Waals surface area contributed by atoms with Crippen molar-refractivity contribution in [2.24, 2.45) is 5.92 Å². The topological polar surface area (TPSA) is 75.6 Å². The first-order valence-electron chi connectivity index (χ1n) is 5.10. The second-order valence-electron chi connectivity index (χ2n) is 4.82. The second kappa shape index (κ2) is 5.80. The summed E-state index contributed by atoms with van der Waals surface area (Å²) in [6, 6.07) is -1.16. The summed E-state index contributed by atoms with van der Waals surface area (Å²) < 4.78 is 0. The average molecular weight is 229 g/mol. The minimum Gasteiger partial charge on any atom is -0.480 e. The van der Waals surface area contributed by atoms with E-state index in [0.29, 0.717) is 0 Å². The molecule has 0 aliphatic rings. The molecule has 0 spiro atoms. The lowest BCUT2D eigenvalue weighted by molar-refractivity contribution is -0.148. The van der Waals surface area contributed by atoms with Crippen LogP contribution >= 0.6 is 0 Å². The molecule has 0 rings (SSSR count). The van der Waals surface area contributed by atoms with E-state index in [-0.39, 0.29) is 11.5 Å². The molecule has 0 fully saturated rings. The molecule has 0 aromatic heterocycles.